The standard InChI is InChI=1S/C15H15NO4S/c1-9-4-5-11(19-2)10(8-9)16-14(17)12-6-7-13(21-12)15(18)20-3/h4-8H,1-3H3,(H,16,17). The first-order valence-electron chi connectivity index (χ1n) is 6.19. The number of nitrogens with one attached hydrogen (secondary N) is 1. The third-order valence-electron chi connectivity index (χ3n) is 2.82. The molecule has 5 nitrogen and oxygen atoms in total. The van der Waals surface area contributed by atoms with Crippen molar-refractivity contribution in [1.82, 2.24) is 0 Å². The molecular formula is C15H15NO4S. The molecule has 1 heterocycles. The van der Waals surface area contributed by atoms with E-state index in [2.05, 4.69) is 10.1 Å². The average molecular weight is 305 g/mol. The average Bonchev–Trinajstić information content (AvgIpc) is 2.96. The number of carbonyl (C=O) groups excluding carboxylic acids is 2. The van der Waals surface area contributed by atoms with E-state index in [-0.39, 0.29) is 5.91 Å². The highest BCUT2D eigenvalue weighted by Crippen LogP contribution is 2.27. The van der Waals surface area contributed by atoms with Crippen molar-refractivity contribution >= 4 is 28.9 Å². The number of amides is 1. The van der Waals surface area contributed by atoms with Crippen molar-refractivity contribution in [2.45, 2.75) is 6.92 Å². The van der Waals surface area contributed by atoms with Gasteiger partial charge >= 0.3 is 5.97 Å². The number of carbonyl (C=O) groups is 2. The number of hydrogen-bond acceptors (Lipinski definition) is 5. The van der Waals surface area contributed by atoms with Gasteiger partial charge < -0.3 is 14.8 Å². The van der Waals surface area contributed by atoms with Crippen LogP contribution in [-0.4, -0.2) is 26.1 Å². The number of hydrogen-bond donors (Lipinski definition) is 1. The van der Waals surface area contributed by atoms with Gasteiger partial charge in [0.1, 0.15) is 10.6 Å². The molecular weight excluding hydrogens is 290 g/mol. The molecule has 0 aliphatic carbocycles. The Hall–Kier alpha value is -2.34. The quantitative estimate of drug-likeness (QED) is 0.882. The van der Waals surface area contributed by atoms with Crippen LogP contribution in [0.3, 0.4) is 0 Å². The van der Waals surface area contributed by atoms with E-state index in [1.165, 1.54) is 7.11 Å². The molecule has 2 aromatic rings. The maximum atomic E-state index is 12.2. The van der Waals surface area contributed by atoms with Crippen molar-refractivity contribution in [3.8, 4) is 5.75 Å². The number of methoxy groups -OCH3 is 2. The molecule has 0 unspecified atom stereocenters. The second-order valence-corrected chi connectivity index (χ2v) is 5.40. The molecule has 0 spiro atoms. The molecule has 21 heavy (non-hydrogen) atoms. The van der Waals surface area contributed by atoms with Gasteiger partial charge in [0.15, 0.2) is 0 Å². The van der Waals surface area contributed by atoms with E-state index in [4.69, 9.17) is 4.74 Å². The first-order chi connectivity index (χ1) is 10.0. The fourth-order valence-corrected chi connectivity index (χ4v) is 2.59. The van der Waals surface area contributed by atoms with Crippen LogP contribution in [0.5, 0.6) is 5.75 Å². The number of benzene rings is 1. The zero-order chi connectivity index (χ0) is 15.4. The molecule has 0 aliphatic rings. The van der Waals surface area contributed by atoms with Gasteiger partial charge in [0, 0.05) is 0 Å². The molecule has 0 atom stereocenters. The minimum atomic E-state index is -0.452. The van der Waals surface area contributed by atoms with E-state index >= 15 is 0 Å². The van der Waals surface area contributed by atoms with Crippen LogP contribution < -0.4 is 10.1 Å². The van der Waals surface area contributed by atoms with Crippen LogP contribution in [0.2, 0.25) is 0 Å². The Kier molecular flexibility index (Phi) is 4.59. The van der Waals surface area contributed by atoms with Crippen molar-refractivity contribution < 1.29 is 19.1 Å². The minimum absolute atomic E-state index is 0.293. The van der Waals surface area contributed by atoms with Crippen LogP contribution in [0.25, 0.3) is 0 Å². The number of esters is 1. The van der Waals surface area contributed by atoms with Gasteiger partial charge in [-0.2, -0.15) is 0 Å². The topological polar surface area (TPSA) is 64.6 Å². The van der Waals surface area contributed by atoms with Crippen LogP contribution >= 0.6 is 11.3 Å². The lowest BCUT2D eigenvalue weighted by molar-refractivity contribution is 0.0606. The van der Waals surface area contributed by atoms with Crippen LogP contribution in [0.15, 0.2) is 30.3 Å². The zero-order valence-electron chi connectivity index (χ0n) is 11.9. The Morgan fingerprint density at radius 3 is 2.48 bits per heavy atom. The Morgan fingerprint density at radius 2 is 1.81 bits per heavy atom. The molecule has 2 rings (SSSR count). The molecule has 6 heteroatoms. The second kappa shape index (κ2) is 6.41. The number of aryl methyl sites for hydroxylation is 1. The highest BCUT2D eigenvalue weighted by molar-refractivity contribution is 7.16. The van der Waals surface area contributed by atoms with Gasteiger partial charge in [-0.3, -0.25) is 4.79 Å². The Morgan fingerprint density at radius 1 is 1.10 bits per heavy atom. The van der Waals surface area contributed by atoms with Gasteiger partial charge in [-0.25, -0.2) is 4.79 Å². The molecule has 0 aliphatic heterocycles. The summed E-state index contributed by atoms with van der Waals surface area (Å²) in [5.74, 6) is -0.162. The van der Waals surface area contributed by atoms with Crippen molar-refractivity contribution in [1.29, 1.82) is 0 Å². The van der Waals surface area contributed by atoms with Gasteiger partial charge in [0.05, 0.1) is 24.8 Å². The fraction of sp³-hybridized carbons (Fsp3) is 0.200. The summed E-state index contributed by atoms with van der Waals surface area (Å²) in [6.45, 7) is 1.93. The summed E-state index contributed by atoms with van der Waals surface area (Å²) in [6.07, 6.45) is 0. The van der Waals surface area contributed by atoms with Crippen LogP contribution in [0, 0.1) is 6.92 Å². The summed E-state index contributed by atoms with van der Waals surface area (Å²) < 4.78 is 9.83. The van der Waals surface area contributed by atoms with Gasteiger partial charge in [0.25, 0.3) is 5.91 Å². The number of anilines is 1. The molecule has 1 N–H and O–H groups in total. The lowest BCUT2D eigenvalue weighted by atomic mass is 10.2. The molecule has 1 aromatic heterocycles. The Balaban J connectivity index is 2.20. The van der Waals surface area contributed by atoms with Gasteiger partial charge in [-0.05, 0) is 36.8 Å². The van der Waals surface area contributed by atoms with Crippen LogP contribution in [0.1, 0.15) is 24.9 Å². The highest BCUT2D eigenvalue weighted by atomic mass is 32.1. The second-order valence-electron chi connectivity index (χ2n) is 4.31. The van der Waals surface area contributed by atoms with Gasteiger partial charge in [-0.15, -0.1) is 11.3 Å². The normalized spacial score (nSPS) is 10.0. The number of thiophene rings is 1. The molecule has 1 aromatic carbocycles. The summed E-state index contributed by atoms with van der Waals surface area (Å²) in [5, 5.41) is 2.78. The summed E-state index contributed by atoms with van der Waals surface area (Å²) >= 11 is 1.08. The first-order valence-corrected chi connectivity index (χ1v) is 7.01. The van der Waals surface area contributed by atoms with Gasteiger partial charge in [-0.1, -0.05) is 6.07 Å². The first kappa shape index (κ1) is 15.1. The molecule has 110 valence electrons. The smallest absolute Gasteiger partial charge is 0.348 e. The highest BCUT2D eigenvalue weighted by Gasteiger charge is 2.15. The maximum absolute atomic E-state index is 12.2. The van der Waals surface area contributed by atoms with Crippen molar-refractivity contribution in [2.75, 3.05) is 19.5 Å². The summed E-state index contributed by atoms with van der Waals surface area (Å²) in [5.41, 5.74) is 1.60. The lowest BCUT2D eigenvalue weighted by Crippen LogP contribution is -2.11. The Labute approximate surface area is 126 Å². The van der Waals surface area contributed by atoms with Crippen molar-refractivity contribution in [2.24, 2.45) is 0 Å². The zero-order valence-corrected chi connectivity index (χ0v) is 12.7. The summed E-state index contributed by atoms with van der Waals surface area (Å²) in [4.78, 5) is 24.4. The molecule has 0 saturated heterocycles. The van der Waals surface area contributed by atoms with Crippen LogP contribution in [0.4, 0.5) is 5.69 Å². The molecule has 0 saturated carbocycles. The molecule has 1 amide bonds. The fourth-order valence-electron chi connectivity index (χ4n) is 1.77. The van der Waals surface area contributed by atoms with E-state index in [0.717, 1.165) is 16.9 Å². The van der Waals surface area contributed by atoms with Crippen molar-refractivity contribution in [3.63, 3.8) is 0 Å². The maximum Gasteiger partial charge on any atom is 0.348 e. The summed E-state index contributed by atoms with van der Waals surface area (Å²) in [7, 11) is 2.85. The molecule has 0 bridgehead atoms. The number of ether oxygens (including phenoxy) is 2. The van der Waals surface area contributed by atoms with E-state index in [0.29, 0.717) is 21.2 Å². The monoisotopic (exact) mass is 305 g/mol. The third-order valence-corrected chi connectivity index (χ3v) is 3.88. The SMILES string of the molecule is COC(=O)c1ccc(C(=O)Nc2cc(C)ccc2OC)s1. The van der Waals surface area contributed by atoms with Gasteiger partial charge in [0.2, 0.25) is 0 Å². The van der Waals surface area contributed by atoms with E-state index in [1.807, 2.05) is 19.1 Å². The molecule has 0 fully saturated rings. The van der Waals surface area contributed by atoms with E-state index in [9.17, 15) is 9.59 Å². The predicted octanol–water partition coefficient (Wildman–Crippen LogP) is 3.10. The minimum Gasteiger partial charge on any atom is -0.495 e. The summed E-state index contributed by atoms with van der Waals surface area (Å²) in [6, 6.07) is 8.67. The predicted molar refractivity (Wildman–Crippen MR) is 81.3 cm³/mol. The van der Waals surface area contributed by atoms with E-state index < -0.39 is 5.97 Å². The van der Waals surface area contributed by atoms with E-state index in [1.54, 1.807) is 25.3 Å². The lowest BCUT2D eigenvalue weighted by Gasteiger charge is -2.10. The molecule has 0 radical (unpaired) electrons. The Bertz CT molecular complexity index is 678. The third kappa shape index (κ3) is 3.41. The van der Waals surface area contributed by atoms with Crippen LogP contribution in [-0.2, 0) is 4.74 Å². The van der Waals surface area contributed by atoms with Crippen molar-refractivity contribution in [3.05, 3.63) is 45.6 Å². The largest absolute Gasteiger partial charge is 0.495 e. The number of rotatable bonds is 4.